The highest BCUT2D eigenvalue weighted by Crippen LogP contribution is 2.30. The van der Waals surface area contributed by atoms with E-state index in [1.54, 1.807) is 0 Å². The van der Waals surface area contributed by atoms with Crippen LogP contribution in [0, 0.1) is 19.8 Å². The lowest BCUT2D eigenvalue weighted by Gasteiger charge is -2.15. The minimum Gasteiger partial charge on any atom is -0.0887 e. The number of halogens is 1. The molecule has 0 aliphatic heterocycles. The monoisotopic (exact) mass is 308 g/mol. The SMILES string of the molecule is Cc1ccc(C)c(CC(Br)CCC2CCCC2)c1. The molecule has 1 aromatic carbocycles. The quantitative estimate of drug-likeness (QED) is 0.623. The molecule has 1 unspecified atom stereocenters. The first-order chi connectivity index (χ1) is 8.65. The van der Waals surface area contributed by atoms with E-state index in [1.807, 2.05) is 0 Å². The van der Waals surface area contributed by atoms with Gasteiger partial charge in [0.15, 0.2) is 0 Å². The Balaban J connectivity index is 1.82. The fourth-order valence-electron chi connectivity index (χ4n) is 3.08. The summed E-state index contributed by atoms with van der Waals surface area (Å²) in [4.78, 5) is 0.651. The van der Waals surface area contributed by atoms with Gasteiger partial charge in [-0.3, -0.25) is 0 Å². The lowest BCUT2D eigenvalue weighted by atomic mass is 9.96. The van der Waals surface area contributed by atoms with Crippen LogP contribution in [0.3, 0.4) is 0 Å². The van der Waals surface area contributed by atoms with Gasteiger partial charge in [-0.05, 0) is 50.2 Å². The highest BCUT2D eigenvalue weighted by molar-refractivity contribution is 9.09. The minimum absolute atomic E-state index is 0.651. The van der Waals surface area contributed by atoms with Gasteiger partial charge in [0, 0.05) is 4.83 Å². The van der Waals surface area contributed by atoms with Gasteiger partial charge >= 0.3 is 0 Å². The summed E-state index contributed by atoms with van der Waals surface area (Å²) in [6.07, 6.45) is 9.81. The summed E-state index contributed by atoms with van der Waals surface area (Å²) < 4.78 is 0. The van der Waals surface area contributed by atoms with E-state index in [0.717, 1.165) is 5.92 Å². The van der Waals surface area contributed by atoms with E-state index in [1.165, 1.54) is 61.6 Å². The number of benzene rings is 1. The molecule has 2 rings (SSSR count). The molecule has 18 heavy (non-hydrogen) atoms. The molecule has 0 radical (unpaired) electrons. The molecule has 1 aromatic rings. The number of hydrogen-bond donors (Lipinski definition) is 0. The molecule has 1 heteroatoms. The molecule has 0 aromatic heterocycles. The molecular weight excluding hydrogens is 284 g/mol. The third-order valence-corrected chi connectivity index (χ3v) is 5.09. The van der Waals surface area contributed by atoms with Crippen LogP contribution >= 0.6 is 15.9 Å². The van der Waals surface area contributed by atoms with Gasteiger partial charge in [-0.15, -0.1) is 0 Å². The molecule has 1 aliphatic carbocycles. The van der Waals surface area contributed by atoms with Crippen LogP contribution in [0.2, 0.25) is 0 Å². The van der Waals surface area contributed by atoms with Crippen LogP contribution < -0.4 is 0 Å². The van der Waals surface area contributed by atoms with Crippen LogP contribution in [-0.2, 0) is 6.42 Å². The Bertz CT molecular complexity index is 377. The Labute approximate surface area is 120 Å². The van der Waals surface area contributed by atoms with Crippen molar-refractivity contribution in [2.75, 3.05) is 0 Å². The lowest BCUT2D eigenvalue weighted by Crippen LogP contribution is -2.07. The van der Waals surface area contributed by atoms with Crippen molar-refractivity contribution in [3.05, 3.63) is 34.9 Å². The predicted molar refractivity (Wildman–Crippen MR) is 83.5 cm³/mol. The maximum absolute atomic E-state index is 3.88. The summed E-state index contributed by atoms with van der Waals surface area (Å²) in [6, 6.07) is 6.81. The standard InChI is InChI=1S/C17H25Br/c1-13-7-8-14(2)16(11-13)12-17(18)10-9-15-5-3-4-6-15/h7-8,11,15,17H,3-6,9-10,12H2,1-2H3. The fourth-order valence-corrected chi connectivity index (χ4v) is 3.69. The molecule has 0 spiro atoms. The molecule has 100 valence electrons. The topological polar surface area (TPSA) is 0 Å². The molecule has 1 atom stereocenters. The normalized spacial score (nSPS) is 18.2. The van der Waals surface area contributed by atoms with E-state index < -0.39 is 0 Å². The fraction of sp³-hybridized carbons (Fsp3) is 0.647. The average Bonchev–Trinajstić information content (AvgIpc) is 2.84. The highest BCUT2D eigenvalue weighted by Gasteiger charge is 2.16. The summed E-state index contributed by atoms with van der Waals surface area (Å²) in [5.74, 6) is 1.02. The Kier molecular flexibility index (Phi) is 5.29. The zero-order valence-electron chi connectivity index (χ0n) is 11.7. The molecule has 0 heterocycles. The molecule has 0 saturated heterocycles. The first-order valence-electron chi connectivity index (χ1n) is 7.35. The third kappa shape index (κ3) is 4.12. The number of hydrogen-bond acceptors (Lipinski definition) is 0. The minimum atomic E-state index is 0.651. The van der Waals surface area contributed by atoms with E-state index in [2.05, 4.69) is 48.0 Å². The van der Waals surface area contributed by atoms with Crippen molar-refractivity contribution in [1.29, 1.82) is 0 Å². The van der Waals surface area contributed by atoms with E-state index in [9.17, 15) is 0 Å². The van der Waals surface area contributed by atoms with Gasteiger partial charge in [-0.1, -0.05) is 65.4 Å². The molecular formula is C17H25Br. The Morgan fingerprint density at radius 3 is 2.67 bits per heavy atom. The summed E-state index contributed by atoms with van der Waals surface area (Å²) in [5, 5.41) is 0. The first-order valence-corrected chi connectivity index (χ1v) is 8.27. The van der Waals surface area contributed by atoms with Crippen molar-refractivity contribution in [3.8, 4) is 0 Å². The van der Waals surface area contributed by atoms with Crippen molar-refractivity contribution in [2.24, 2.45) is 5.92 Å². The molecule has 1 fully saturated rings. The van der Waals surface area contributed by atoms with Gasteiger partial charge in [0.05, 0.1) is 0 Å². The van der Waals surface area contributed by atoms with Crippen LogP contribution in [0.25, 0.3) is 0 Å². The summed E-state index contributed by atoms with van der Waals surface area (Å²) in [7, 11) is 0. The second-order valence-electron chi connectivity index (χ2n) is 5.96. The molecule has 0 amide bonds. The molecule has 0 N–H and O–H groups in total. The van der Waals surface area contributed by atoms with E-state index in [4.69, 9.17) is 0 Å². The smallest absolute Gasteiger partial charge is 0.0186 e. The third-order valence-electron chi connectivity index (χ3n) is 4.31. The lowest BCUT2D eigenvalue weighted by molar-refractivity contribution is 0.479. The van der Waals surface area contributed by atoms with Crippen molar-refractivity contribution >= 4 is 15.9 Å². The van der Waals surface area contributed by atoms with Gasteiger partial charge < -0.3 is 0 Å². The first kappa shape index (κ1) is 14.1. The second kappa shape index (κ2) is 6.75. The average molecular weight is 309 g/mol. The largest absolute Gasteiger partial charge is 0.0887 e. The zero-order chi connectivity index (χ0) is 13.0. The van der Waals surface area contributed by atoms with Crippen LogP contribution in [0.15, 0.2) is 18.2 Å². The Hall–Kier alpha value is -0.300. The van der Waals surface area contributed by atoms with Crippen molar-refractivity contribution in [2.45, 2.75) is 63.6 Å². The summed E-state index contributed by atoms with van der Waals surface area (Å²) in [6.45, 7) is 4.41. The van der Waals surface area contributed by atoms with Gasteiger partial charge in [0.1, 0.15) is 0 Å². The molecule has 1 saturated carbocycles. The maximum atomic E-state index is 3.88. The van der Waals surface area contributed by atoms with Crippen LogP contribution in [0.4, 0.5) is 0 Å². The van der Waals surface area contributed by atoms with Crippen molar-refractivity contribution in [1.82, 2.24) is 0 Å². The Morgan fingerprint density at radius 1 is 1.22 bits per heavy atom. The number of rotatable bonds is 5. The Morgan fingerprint density at radius 2 is 1.94 bits per heavy atom. The van der Waals surface area contributed by atoms with E-state index in [-0.39, 0.29) is 0 Å². The van der Waals surface area contributed by atoms with Gasteiger partial charge in [-0.2, -0.15) is 0 Å². The van der Waals surface area contributed by atoms with Gasteiger partial charge in [0.2, 0.25) is 0 Å². The molecule has 0 bridgehead atoms. The summed E-state index contributed by atoms with van der Waals surface area (Å²) >= 11 is 3.88. The van der Waals surface area contributed by atoms with Gasteiger partial charge in [0.25, 0.3) is 0 Å². The van der Waals surface area contributed by atoms with Crippen molar-refractivity contribution in [3.63, 3.8) is 0 Å². The highest BCUT2D eigenvalue weighted by atomic mass is 79.9. The molecule has 1 aliphatic rings. The summed E-state index contributed by atoms with van der Waals surface area (Å²) in [5.41, 5.74) is 4.33. The van der Waals surface area contributed by atoms with Crippen LogP contribution in [0.5, 0.6) is 0 Å². The van der Waals surface area contributed by atoms with Gasteiger partial charge in [-0.25, -0.2) is 0 Å². The number of alkyl halides is 1. The second-order valence-corrected chi connectivity index (χ2v) is 7.25. The van der Waals surface area contributed by atoms with Crippen LogP contribution in [-0.4, -0.2) is 4.83 Å². The van der Waals surface area contributed by atoms with Crippen molar-refractivity contribution < 1.29 is 0 Å². The zero-order valence-corrected chi connectivity index (χ0v) is 13.3. The van der Waals surface area contributed by atoms with E-state index >= 15 is 0 Å². The predicted octanol–water partition coefficient (Wildman–Crippen LogP) is 5.58. The number of aryl methyl sites for hydroxylation is 2. The molecule has 0 nitrogen and oxygen atoms in total. The van der Waals surface area contributed by atoms with E-state index in [0.29, 0.717) is 4.83 Å². The maximum Gasteiger partial charge on any atom is 0.0186 e. The van der Waals surface area contributed by atoms with Crippen LogP contribution in [0.1, 0.15) is 55.2 Å².